The zero-order valence-electron chi connectivity index (χ0n) is 23.1. The number of carbonyl (C=O) groups is 2. The zero-order valence-corrected chi connectivity index (χ0v) is 23.9. The first-order valence-electron chi connectivity index (χ1n) is 14.5. The van der Waals surface area contributed by atoms with Gasteiger partial charge in [-0.05, 0) is 49.8 Å². The third kappa shape index (κ3) is 6.08. The van der Waals surface area contributed by atoms with Gasteiger partial charge in [0.15, 0.2) is 0 Å². The number of alkyl halides is 1. The Hall–Kier alpha value is -2.07. The van der Waals surface area contributed by atoms with Gasteiger partial charge in [0.2, 0.25) is 11.8 Å². The number of nitrogens with one attached hydrogen (secondary N) is 1. The zero-order chi connectivity index (χ0) is 28.3. The van der Waals surface area contributed by atoms with E-state index in [0.29, 0.717) is 18.8 Å². The highest BCUT2D eigenvalue weighted by atomic mass is 35.5. The average Bonchev–Trinajstić information content (AvgIpc) is 2.96. The molecule has 220 valence electrons. The van der Waals surface area contributed by atoms with Crippen molar-refractivity contribution < 1.29 is 27.8 Å². The van der Waals surface area contributed by atoms with Crippen LogP contribution in [0.15, 0.2) is 30.4 Å². The number of allylic oxidation sites excluding steroid dienone is 2. The highest BCUT2D eigenvalue weighted by Gasteiger charge is 2.54. The molecule has 5 rings (SSSR count). The average molecular weight is 580 g/mol. The maximum absolute atomic E-state index is 15.9. The number of benzene rings is 1. The minimum atomic E-state index is -1.39. The van der Waals surface area contributed by atoms with E-state index in [2.05, 4.69) is 17.5 Å². The van der Waals surface area contributed by atoms with Crippen LogP contribution in [0.5, 0.6) is 0 Å². The van der Waals surface area contributed by atoms with E-state index in [1.807, 2.05) is 0 Å². The molecule has 1 aromatic carbocycles. The highest BCUT2D eigenvalue weighted by Crippen LogP contribution is 2.38. The summed E-state index contributed by atoms with van der Waals surface area (Å²) in [7, 11) is 1.63. The lowest BCUT2D eigenvalue weighted by Gasteiger charge is -2.54. The topological polar surface area (TPSA) is 71.1 Å². The fourth-order valence-electron chi connectivity index (χ4n) is 6.78. The molecular formula is C30H40ClF2N3O4. The summed E-state index contributed by atoms with van der Waals surface area (Å²) in [5.74, 6) is -1.31. The minimum Gasteiger partial charge on any atom is -0.380 e. The van der Waals surface area contributed by atoms with Gasteiger partial charge in [0.05, 0.1) is 24.3 Å². The first-order valence-corrected chi connectivity index (χ1v) is 14.9. The molecule has 5 atom stereocenters. The maximum atomic E-state index is 15.9. The Kier molecular flexibility index (Phi) is 9.45. The van der Waals surface area contributed by atoms with Crippen molar-refractivity contribution in [2.75, 3.05) is 26.9 Å². The lowest BCUT2D eigenvalue weighted by molar-refractivity contribution is -0.177. The predicted molar refractivity (Wildman–Crippen MR) is 148 cm³/mol. The summed E-state index contributed by atoms with van der Waals surface area (Å²) >= 11 is 5.98. The fraction of sp³-hybridized carbons (Fsp3) is 0.667. The van der Waals surface area contributed by atoms with E-state index in [1.54, 1.807) is 13.2 Å². The summed E-state index contributed by atoms with van der Waals surface area (Å²) < 4.78 is 40.9. The quantitative estimate of drug-likeness (QED) is 0.509. The summed E-state index contributed by atoms with van der Waals surface area (Å²) in [6.07, 6.45) is 9.79. The van der Waals surface area contributed by atoms with E-state index in [1.165, 1.54) is 21.9 Å². The predicted octanol–water partition coefficient (Wildman–Crippen LogP) is 4.77. The summed E-state index contributed by atoms with van der Waals surface area (Å²) in [6, 6.07) is 3.49. The van der Waals surface area contributed by atoms with Crippen LogP contribution in [0, 0.1) is 11.7 Å². The molecule has 1 aliphatic carbocycles. The number of nitrogens with zero attached hydrogens (tertiary/aromatic N) is 2. The minimum absolute atomic E-state index is 0.0423. The molecule has 0 radical (unpaired) electrons. The summed E-state index contributed by atoms with van der Waals surface area (Å²) in [6.45, 7) is 0.567. The number of methoxy groups -OCH3 is 1. The van der Waals surface area contributed by atoms with Crippen molar-refractivity contribution >= 4 is 23.4 Å². The first-order chi connectivity index (χ1) is 19.3. The van der Waals surface area contributed by atoms with E-state index in [-0.39, 0.29) is 48.4 Å². The van der Waals surface area contributed by atoms with Crippen molar-refractivity contribution in [3.63, 3.8) is 0 Å². The fourth-order valence-corrected chi connectivity index (χ4v) is 6.98. The molecule has 4 aliphatic rings. The second kappa shape index (κ2) is 12.8. The standard InChI is InChI=1S/C30H40ClF2N3O4/c1-39-25-15-24(33)28(34-30(25)12-8-6-4-2-3-5-7-9-13-30)36-17-26(37)35(27(29(36)38)21-18-40-19-21)16-20-10-11-23(32)22(31)14-20/h4,6,10-11,14,21,24-25,27-28,34H,2-3,5,7-9,12-13,15-19H2,1H3/b6-4-/t24?,25?,27-,28?,30?/m1/s1. The normalized spacial score (nSPS) is 33.5. The molecule has 0 bridgehead atoms. The number of amides is 2. The third-order valence-electron chi connectivity index (χ3n) is 9.07. The Morgan fingerprint density at radius 3 is 2.62 bits per heavy atom. The largest absolute Gasteiger partial charge is 0.380 e. The van der Waals surface area contributed by atoms with Gasteiger partial charge in [0.25, 0.3) is 0 Å². The molecule has 2 amide bonds. The van der Waals surface area contributed by atoms with Crippen LogP contribution in [0.2, 0.25) is 5.02 Å². The Morgan fingerprint density at radius 2 is 1.90 bits per heavy atom. The maximum Gasteiger partial charge on any atom is 0.247 e. The molecule has 0 aromatic heterocycles. The first kappa shape index (κ1) is 29.4. The molecule has 40 heavy (non-hydrogen) atoms. The summed E-state index contributed by atoms with van der Waals surface area (Å²) in [5.41, 5.74) is 0.120. The van der Waals surface area contributed by atoms with Crippen LogP contribution in [-0.4, -0.2) is 78.5 Å². The van der Waals surface area contributed by atoms with Crippen LogP contribution < -0.4 is 5.32 Å². The van der Waals surface area contributed by atoms with Gasteiger partial charge in [-0.25, -0.2) is 8.78 Å². The lowest BCUT2D eigenvalue weighted by Crippen LogP contribution is -2.74. The molecule has 3 fully saturated rings. The van der Waals surface area contributed by atoms with Crippen molar-refractivity contribution in [2.45, 2.75) is 94.4 Å². The van der Waals surface area contributed by atoms with Gasteiger partial charge < -0.3 is 19.3 Å². The highest BCUT2D eigenvalue weighted by molar-refractivity contribution is 6.30. The van der Waals surface area contributed by atoms with Gasteiger partial charge in [0.1, 0.15) is 30.7 Å². The number of hydrogen-bond acceptors (Lipinski definition) is 5. The molecule has 7 nitrogen and oxygen atoms in total. The Bertz CT molecular complexity index is 1100. The molecule has 3 aliphatic heterocycles. The van der Waals surface area contributed by atoms with E-state index >= 15 is 4.39 Å². The summed E-state index contributed by atoms with van der Waals surface area (Å²) in [4.78, 5) is 30.7. The number of rotatable bonds is 5. The number of piperidine rings is 1. The van der Waals surface area contributed by atoms with Crippen LogP contribution in [0.1, 0.15) is 63.4 Å². The number of carbonyl (C=O) groups excluding carboxylic acids is 2. The van der Waals surface area contributed by atoms with Crippen LogP contribution >= 0.6 is 11.6 Å². The molecule has 4 unspecified atom stereocenters. The molecular weight excluding hydrogens is 540 g/mol. The lowest BCUT2D eigenvalue weighted by atomic mass is 9.76. The van der Waals surface area contributed by atoms with Crippen molar-refractivity contribution in [2.24, 2.45) is 5.92 Å². The Labute approximate surface area is 240 Å². The smallest absolute Gasteiger partial charge is 0.247 e. The molecule has 1 N–H and O–H groups in total. The van der Waals surface area contributed by atoms with Gasteiger partial charge in [-0.15, -0.1) is 0 Å². The van der Waals surface area contributed by atoms with Crippen LogP contribution in [0.25, 0.3) is 0 Å². The molecule has 1 spiro atoms. The van der Waals surface area contributed by atoms with Gasteiger partial charge in [-0.1, -0.05) is 49.1 Å². The van der Waals surface area contributed by atoms with Gasteiger partial charge in [-0.3, -0.25) is 14.9 Å². The molecule has 0 saturated carbocycles. The van der Waals surface area contributed by atoms with Crippen molar-refractivity contribution in [3.8, 4) is 0 Å². The van der Waals surface area contributed by atoms with E-state index in [0.717, 1.165) is 51.4 Å². The number of hydrogen-bond donors (Lipinski definition) is 1. The Balaban J connectivity index is 1.40. The SMILES string of the molecule is COC1CC(F)C(N2CC(=O)N(Cc3ccc(F)c(Cl)c3)[C@H](C3COC3)C2=O)NC12CC/C=C\CCCCCC2. The van der Waals surface area contributed by atoms with Gasteiger partial charge in [-0.2, -0.15) is 0 Å². The molecule has 3 heterocycles. The van der Waals surface area contributed by atoms with E-state index in [4.69, 9.17) is 21.1 Å². The van der Waals surface area contributed by atoms with Crippen molar-refractivity contribution in [3.05, 3.63) is 46.8 Å². The molecule has 3 saturated heterocycles. The van der Waals surface area contributed by atoms with Crippen LogP contribution in [0.4, 0.5) is 8.78 Å². The summed E-state index contributed by atoms with van der Waals surface area (Å²) in [5, 5.41) is 3.52. The van der Waals surface area contributed by atoms with Gasteiger partial charge >= 0.3 is 0 Å². The van der Waals surface area contributed by atoms with Crippen LogP contribution in [0.3, 0.4) is 0 Å². The van der Waals surface area contributed by atoms with Crippen molar-refractivity contribution in [1.82, 2.24) is 15.1 Å². The Morgan fingerprint density at radius 1 is 1.12 bits per heavy atom. The second-order valence-electron chi connectivity index (χ2n) is 11.7. The van der Waals surface area contributed by atoms with Crippen LogP contribution in [-0.2, 0) is 25.6 Å². The molecule has 1 aromatic rings. The number of halogens is 3. The van der Waals surface area contributed by atoms with E-state index in [9.17, 15) is 14.0 Å². The van der Waals surface area contributed by atoms with Crippen molar-refractivity contribution in [1.29, 1.82) is 0 Å². The van der Waals surface area contributed by atoms with E-state index < -0.39 is 29.7 Å². The molecule has 10 heteroatoms. The monoisotopic (exact) mass is 579 g/mol. The third-order valence-corrected chi connectivity index (χ3v) is 9.36. The second-order valence-corrected chi connectivity index (χ2v) is 12.1. The number of piperazine rings is 1. The van der Waals surface area contributed by atoms with Gasteiger partial charge in [0, 0.05) is 31.5 Å². The number of ether oxygens (including phenoxy) is 2.